The summed E-state index contributed by atoms with van der Waals surface area (Å²) < 4.78 is 19.3. The zero-order chi connectivity index (χ0) is 19.1. The fraction of sp³-hybridized carbons (Fsp3) is 0.409. The zero-order valence-corrected chi connectivity index (χ0v) is 15.6. The highest BCUT2D eigenvalue weighted by Crippen LogP contribution is 2.31. The number of benzene rings is 2. The lowest BCUT2D eigenvalue weighted by Crippen LogP contribution is -2.36. The molecule has 2 N–H and O–H groups in total. The van der Waals surface area contributed by atoms with E-state index in [0.717, 1.165) is 42.6 Å². The fourth-order valence-electron chi connectivity index (χ4n) is 3.67. The number of amides is 1. The molecule has 1 fully saturated rings. The molecule has 2 aromatic carbocycles. The van der Waals surface area contributed by atoms with Crippen molar-refractivity contribution in [1.82, 2.24) is 4.90 Å². The van der Waals surface area contributed by atoms with Gasteiger partial charge in [0.2, 0.25) is 5.91 Å². The molecule has 27 heavy (non-hydrogen) atoms. The van der Waals surface area contributed by atoms with Crippen LogP contribution in [0.5, 0.6) is 5.75 Å². The molecule has 3 rings (SSSR count). The number of ether oxygens (including phenoxy) is 1. The van der Waals surface area contributed by atoms with Crippen molar-refractivity contribution >= 4 is 5.91 Å². The number of rotatable bonds is 6. The van der Waals surface area contributed by atoms with E-state index in [9.17, 15) is 9.18 Å². The van der Waals surface area contributed by atoms with Crippen LogP contribution >= 0.6 is 0 Å². The molecule has 0 saturated carbocycles. The van der Waals surface area contributed by atoms with E-state index in [1.807, 2.05) is 35.2 Å². The van der Waals surface area contributed by atoms with Gasteiger partial charge in [0.1, 0.15) is 18.2 Å². The zero-order valence-electron chi connectivity index (χ0n) is 15.6. The SMILES string of the molecule is NCCOc1cccc(CC(=O)N2CCCCCC2c2cccc(F)c2)c1. The van der Waals surface area contributed by atoms with E-state index in [1.165, 1.54) is 6.07 Å². The molecule has 0 spiro atoms. The Morgan fingerprint density at radius 3 is 2.81 bits per heavy atom. The summed E-state index contributed by atoms with van der Waals surface area (Å²) >= 11 is 0. The van der Waals surface area contributed by atoms with Gasteiger partial charge in [0.15, 0.2) is 0 Å². The third kappa shape index (κ3) is 5.30. The minimum Gasteiger partial charge on any atom is -0.492 e. The first-order valence-electron chi connectivity index (χ1n) is 9.64. The summed E-state index contributed by atoms with van der Waals surface area (Å²) in [6.07, 6.45) is 4.31. The lowest BCUT2D eigenvalue weighted by atomic mass is 10.00. The maximum atomic E-state index is 13.7. The molecule has 5 heteroatoms. The van der Waals surface area contributed by atoms with Crippen LogP contribution in [0.15, 0.2) is 48.5 Å². The van der Waals surface area contributed by atoms with Crippen LogP contribution in [0.4, 0.5) is 4.39 Å². The van der Waals surface area contributed by atoms with E-state index in [2.05, 4.69) is 0 Å². The summed E-state index contributed by atoms with van der Waals surface area (Å²) in [5.74, 6) is 0.541. The Bertz CT molecular complexity index is 765. The van der Waals surface area contributed by atoms with E-state index < -0.39 is 0 Å². The standard InChI is InChI=1S/C22H27FN2O2/c23-19-8-5-7-18(16-19)21-10-2-1-3-12-25(21)22(26)15-17-6-4-9-20(14-17)27-13-11-24/h4-9,14,16,21H,1-3,10-13,15,24H2. The van der Waals surface area contributed by atoms with Gasteiger partial charge in [-0.3, -0.25) is 4.79 Å². The molecule has 1 saturated heterocycles. The monoisotopic (exact) mass is 370 g/mol. The third-order valence-electron chi connectivity index (χ3n) is 4.95. The molecule has 1 aliphatic heterocycles. The molecule has 0 radical (unpaired) electrons. The smallest absolute Gasteiger partial charge is 0.227 e. The summed E-state index contributed by atoms with van der Waals surface area (Å²) in [7, 11) is 0. The Morgan fingerprint density at radius 1 is 1.15 bits per heavy atom. The minimum absolute atomic E-state index is 0.0626. The molecule has 0 aromatic heterocycles. The van der Waals surface area contributed by atoms with Gasteiger partial charge < -0.3 is 15.4 Å². The van der Waals surface area contributed by atoms with E-state index in [0.29, 0.717) is 26.1 Å². The van der Waals surface area contributed by atoms with Crippen LogP contribution in [0.25, 0.3) is 0 Å². The van der Waals surface area contributed by atoms with E-state index in [4.69, 9.17) is 10.5 Å². The Labute approximate surface area is 160 Å². The Hall–Kier alpha value is -2.40. The number of nitrogens with two attached hydrogens (primary N) is 1. The van der Waals surface area contributed by atoms with Gasteiger partial charge in [-0.25, -0.2) is 4.39 Å². The van der Waals surface area contributed by atoms with Crippen LogP contribution in [-0.4, -0.2) is 30.5 Å². The Kier molecular flexibility index (Phi) is 6.82. The Morgan fingerprint density at radius 2 is 2.00 bits per heavy atom. The molecular formula is C22H27FN2O2. The molecule has 1 unspecified atom stereocenters. The molecule has 1 aliphatic rings. The highest BCUT2D eigenvalue weighted by atomic mass is 19.1. The average Bonchev–Trinajstić information content (AvgIpc) is 2.93. The lowest BCUT2D eigenvalue weighted by molar-refractivity contribution is -0.132. The highest BCUT2D eigenvalue weighted by Gasteiger charge is 2.27. The summed E-state index contributed by atoms with van der Waals surface area (Å²) in [4.78, 5) is 15.0. The molecule has 4 nitrogen and oxygen atoms in total. The average molecular weight is 370 g/mol. The number of halogens is 1. The van der Waals surface area contributed by atoms with Crippen molar-refractivity contribution in [2.75, 3.05) is 19.7 Å². The maximum absolute atomic E-state index is 13.7. The predicted molar refractivity (Wildman–Crippen MR) is 104 cm³/mol. The number of nitrogens with zero attached hydrogens (tertiary/aromatic N) is 1. The topological polar surface area (TPSA) is 55.6 Å². The van der Waals surface area contributed by atoms with E-state index in [1.54, 1.807) is 12.1 Å². The first kappa shape index (κ1) is 19.4. The van der Waals surface area contributed by atoms with Crippen LogP contribution in [0.3, 0.4) is 0 Å². The summed E-state index contributed by atoms with van der Waals surface area (Å²) in [5, 5.41) is 0. The highest BCUT2D eigenvalue weighted by molar-refractivity contribution is 5.79. The summed E-state index contributed by atoms with van der Waals surface area (Å²) in [6, 6.07) is 14.2. The molecule has 2 aromatic rings. The minimum atomic E-state index is -0.256. The quantitative estimate of drug-likeness (QED) is 0.840. The number of hydrogen-bond donors (Lipinski definition) is 1. The Balaban J connectivity index is 1.76. The molecule has 1 heterocycles. The molecule has 1 amide bonds. The number of likely N-dealkylation sites (tertiary alicyclic amines) is 1. The van der Waals surface area contributed by atoms with Crippen LogP contribution in [0.2, 0.25) is 0 Å². The summed E-state index contributed by atoms with van der Waals surface area (Å²) in [5.41, 5.74) is 7.27. The molecule has 1 atom stereocenters. The van der Waals surface area contributed by atoms with Crippen molar-refractivity contribution in [2.45, 2.75) is 38.1 Å². The van der Waals surface area contributed by atoms with Gasteiger partial charge in [0, 0.05) is 13.1 Å². The van der Waals surface area contributed by atoms with Crippen LogP contribution in [0, 0.1) is 5.82 Å². The van der Waals surface area contributed by atoms with Gasteiger partial charge in [-0.15, -0.1) is 0 Å². The first-order valence-corrected chi connectivity index (χ1v) is 9.64. The normalized spacial score (nSPS) is 17.4. The second kappa shape index (κ2) is 9.51. The molecule has 0 aliphatic carbocycles. The first-order chi connectivity index (χ1) is 13.2. The van der Waals surface area contributed by atoms with E-state index in [-0.39, 0.29) is 17.8 Å². The number of hydrogen-bond acceptors (Lipinski definition) is 3. The van der Waals surface area contributed by atoms with Gasteiger partial charge in [-0.1, -0.05) is 37.1 Å². The predicted octanol–water partition coefficient (Wildman–Crippen LogP) is 3.85. The van der Waals surface area contributed by atoms with Crippen LogP contribution in [-0.2, 0) is 11.2 Å². The van der Waals surface area contributed by atoms with Gasteiger partial charge in [-0.2, -0.15) is 0 Å². The molecule has 144 valence electrons. The second-order valence-electron chi connectivity index (χ2n) is 6.97. The van der Waals surface area contributed by atoms with Crippen molar-refractivity contribution in [2.24, 2.45) is 5.73 Å². The molecule has 0 bridgehead atoms. The number of carbonyl (C=O) groups excluding carboxylic acids is 1. The van der Waals surface area contributed by atoms with Crippen molar-refractivity contribution in [3.63, 3.8) is 0 Å². The van der Waals surface area contributed by atoms with Crippen molar-refractivity contribution in [3.8, 4) is 5.75 Å². The maximum Gasteiger partial charge on any atom is 0.227 e. The largest absolute Gasteiger partial charge is 0.492 e. The van der Waals surface area contributed by atoms with E-state index >= 15 is 0 Å². The fourth-order valence-corrected chi connectivity index (χ4v) is 3.67. The van der Waals surface area contributed by atoms with Crippen molar-refractivity contribution in [1.29, 1.82) is 0 Å². The molecular weight excluding hydrogens is 343 g/mol. The van der Waals surface area contributed by atoms with Crippen LogP contribution in [0.1, 0.15) is 42.9 Å². The summed E-state index contributed by atoms with van der Waals surface area (Å²) in [6.45, 7) is 1.61. The number of carbonyl (C=O) groups is 1. The van der Waals surface area contributed by atoms with Gasteiger partial charge in [-0.05, 0) is 48.2 Å². The van der Waals surface area contributed by atoms with Gasteiger partial charge >= 0.3 is 0 Å². The van der Waals surface area contributed by atoms with Gasteiger partial charge in [0.25, 0.3) is 0 Å². The second-order valence-corrected chi connectivity index (χ2v) is 6.97. The van der Waals surface area contributed by atoms with Gasteiger partial charge in [0.05, 0.1) is 12.5 Å². The van der Waals surface area contributed by atoms with Crippen molar-refractivity contribution in [3.05, 3.63) is 65.5 Å². The third-order valence-corrected chi connectivity index (χ3v) is 4.95. The van der Waals surface area contributed by atoms with Crippen LogP contribution < -0.4 is 10.5 Å². The lowest BCUT2D eigenvalue weighted by Gasteiger charge is -2.31. The van der Waals surface area contributed by atoms with Crippen molar-refractivity contribution < 1.29 is 13.9 Å².